The zero-order valence-corrected chi connectivity index (χ0v) is 10.5. The molecule has 17 heavy (non-hydrogen) atoms. The number of hydrogen-bond donors (Lipinski definition) is 1. The number of carbonyl (C=O) groups is 1. The molecule has 1 aromatic rings. The van der Waals surface area contributed by atoms with E-state index in [2.05, 4.69) is 4.74 Å². The number of aryl methyl sites for hydroxylation is 1. The van der Waals surface area contributed by atoms with E-state index in [9.17, 15) is 9.90 Å². The van der Waals surface area contributed by atoms with Gasteiger partial charge in [-0.15, -0.1) is 0 Å². The Morgan fingerprint density at radius 3 is 2.82 bits per heavy atom. The Kier molecular flexibility index (Phi) is 5.18. The van der Waals surface area contributed by atoms with E-state index in [0.717, 1.165) is 11.5 Å². The molecule has 1 atom stereocenters. The van der Waals surface area contributed by atoms with Crippen molar-refractivity contribution < 1.29 is 19.1 Å². The van der Waals surface area contributed by atoms with E-state index in [1.165, 1.54) is 7.11 Å². The molecule has 1 heterocycles. The Hall–Kier alpha value is -1.33. The summed E-state index contributed by atoms with van der Waals surface area (Å²) >= 11 is 0. The third kappa shape index (κ3) is 5.01. The van der Waals surface area contributed by atoms with Gasteiger partial charge >= 0.3 is 5.97 Å². The van der Waals surface area contributed by atoms with Crippen molar-refractivity contribution in [3.8, 4) is 0 Å². The summed E-state index contributed by atoms with van der Waals surface area (Å²) < 4.78 is 9.91. The first-order chi connectivity index (χ1) is 8.01. The van der Waals surface area contributed by atoms with E-state index < -0.39 is 12.1 Å². The smallest absolute Gasteiger partial charge is 0.308 e. The minimum Gasteiger partial charge on any atom is -0.469 e. The third-order valence-electron chi connectivity index (χ3n) is 2.37. The van der Waals surface area contributed by atoms with Crippen molar-refractivity contribution in [2.45, 2.75) is 26.0 Å². The summed E-state index contributed by atoms with van der Waals surface area (Å²) in [5.74, 6) is 1.30. The first kappa shape index (κ1) is 13.7. The van der Waals surface area contributed by atoms with E-state index in [1.54, 1.807) is 0 Å². The molecule has 0 saturated carbocycles. The highest BCUT2D eigenvalue weighted by Gasteiger charge is 2.14. The van der Waals surface area contributed by atoms with Crippen molar-refractivity contribution in [2.75, 3.05) is 20.7 Å². The molecule has 0 fully saturated rings. The molecule has 1 aromatic heterocycles. The molecular weight excluding hydrogens is 222 g/mol. The van der Waals surface area contributed by atoms with Crippen LogP contribution in [0.1, 0.15) is 17.9 Å². The number of furan rings is 1. The Morgan fingerprint density at radius 2 is 2.29 bits per heavy atom. The van der Waals surface area contributed by atoms with Gasteiger partial charge in [-0.1, -0.05) is 0 Å². The van der Waals surface area contributed by atoms with E-state index in [-0.39, 0.29) is 6.42 Å². The van der Waals surface area contributed by atoms with Gasteiger partial charge in [-0.05, 0) is 26.1 Å². The summed E-state index contributed by atoms with van der Waals surface area (Å²) in [4.78, 5) is 12.8. The number of ether oxygens (including phenoxy) is 1. The number of esters is 1. The van der Waals surface area contributed by atoms with Crippen LogP contribution in [-0.2, 0) is 16.1 Å². The molecule has 96 valence electrons. The fourth-order valence-corrected chi connectivity index (χ4v) is 1.60. The van der Waals surface area contributed by atoms with Gasteiger partial charge in [-0.3, -0.25) is 9.69 Å². The van der Waals surface area contributed by atoms with E-state index in [0.29, 0.717) is 13.1 Å². The van der Waals surface area contributed by atoms with Gasteiger partial charge in [-0.2, -0.15) is 0 Å². The number of hydrogen-bond acceptors (Lipinski definition) is 5. The molecular formula is C12H19NO4. The second kappa shape index (κ2) is 6.42. The highest BCUT2D eigenvalue weighted by molar-refractivity contribution is 5.69. The summed E-state index contributed by atoms with van der Waals surface area (Å²) in [5, 5.41) is 9.63. The van der Waals surface area contributed by atoms with Crippen LogP contribution in [0.4, 0.5) is 0 Å². The van der Waals surface area contributed by atoms with Gasteiger partial charge in [0.2, 0.25) is 0 Å². The molecule has 0 aliphatic rings. The normalized spacial score (nSPS) is 12.8. The van der Waals surface area contributed by atoms with Crippen molar-refractivity contribution in [2.24, 2.45) is 0 Å². The van der Waals surface area contributed by atoms with Crippen LogP contribution in [0.15, 0.2) is 16.5 Å². The maximum absolute atomic E-state index is 10.9. The molecule has 1 N–H and O–H groups in total. The number of likely N-dealkylation sites (N-methyl/N-ethyl adjacent to an activating group) is 1. The monoisotopic (exact) mass is 241 g/mol. The van der Waals surface area contributed by atoms with Gasteiger partial charge in [0.1, 0.15) is 11.5 Å². The summed E-state index contributed by atoms with van der Waals surface area (Å²) in [5.41, 5.74) is 0. The fourth-order valence-electron chi connectivity index (χ4n) is 1.60. The van der Waals surface area contributed by atoms with Gasteiger partial charge in [0.05, 0.1) is 26.2 Å². The molecule has 0 bridgehead atoms. The molecule has 5 heteroatoms. The van der Waals surface area contributed by atoms with Gasteiger partial charge in [0.15, 0.2) is 0 Å². The topological polar surface area (TPSA) is 62.9 Å². The lowest BCUT2D eigenvalue weighted by atomic mass is 10.2. The molecule has 0 radical (unpaired) electrons. The van der Waals surface area contributed by atoms with Crippen LogP contribution in [0.2, 0.25) is 0 Å². The van der Waals surface area contributed by atoms with Crippen LogP contribution >= 0.6 is 0 Å². The van der Waals surface area contributed by atoms with Gasteiger partial charge in [-0.25, -0.2) is 0 Å². The SMILES string of the molecule is COC(=O)CC(O)CN(C)Cc1ccc(C)o1. The maximum Gasteiger partial charge on any atom is 0.308 e. The van der Waals surface area contributed by atoms with Crippen LogP contribution < -0.4 is 0 Å². The highest BCUT2D eigenvalue weighted by Crippen LogP contribution is 2.09. The fraction of sp³-hybridized carbons (Fsp3) is 0.583. The number of methoxy groups -OCH3 is 1. The lowest BCUT2D eigenvalue weighted by molar-refractivity contribution is -0.143. The van der Waals surface area contributed by atoms with Gasteiger partial charge in [0.25, 0.3) is 0 Å². The summed E-state index contributed by atoms with van der Waals surface area (Å²) in [7, 11) is 3.17. The van der Waals surface area contributed by atoms with Crippen LogP contribution in [0.5, 0.6) is 0 Å². The number of carbonyl (C=O) groups excluding carboxylic acids is 1. The molecule has 0 saturated heterocycles. The molecule has 0 spiro atoms. The Labute approximate surface area is 101 Å². The molecule has 0 aliphatic heterocycles. The van der Waals surface area contributed by atoms with E-state index in [4.69, 9.17) is 4.42 Å². The molecule has 1 rings (SSSR count). The first-order valence-corrected chi connectivity index (χ1v) is 5.50. The van der Waals surface area contributed by atoms with Crippen molar-refractivity contribution in [1.82, 2.24) is 4.90 Å². The molecule has 1 unspecified atom stereocenters. The zero-order chi connectivity index (χ0) is 12.8. The highest BCUT2D eigenvalue weighted by atomic mass is 16.5. The lowest BCUT2D eigenvalue weighted by Crippen LogP contribution is -2.30. The van der Waals surface area contributed by atoms with Crippen molar-refractivity contribution in [3.05, 3.63) is 23.7 Å². The second-order valence-electron chi connectivity index (χ2n) is 4.14. The van der Waals surface area contributed by atoms with Crippen LogP contribution in [0, 0.1) is 6.92 Å². The number of nitrogens with zero attached hydrogens (tertiary/aromatic N) is 1. The maximum atomic E-state index is 10.9. The first-order valence-electron chi connectivity index (χ1n) is 5.50. The summed E-state index contributed by atoms with van der Waals surface area (Å²) in [6.07, 6.45) is -0.707. The summed E-state index contributed by atoms with van der Waals surface area (Å²) in [6, 6.07) is 3.80. The predicted molar refractivity (Wildman–Crippen MR) is 62.4 cm³/mol. The third-order valence-corrected chi connectivity index (χ3v) is 2.37. The predicted octanol–water partition coefficient (Wildman–Crippen LogP) is 0.944. The second-order valence-corrected chi connectivity index (χ2v) is 4.14. The van der Waals surface area contributed by atoms with Gasteiger partial charge in [0, 0.05) is 6.54 Å². The van der Waals surface area contributed by atoms with Crippen molar-refractivity contribution in [1.29, 1.82) is 0 Å². The molecule has 0 amide bonds. The molecule has 0 aromatic carbocycles. The number of aliphatic hydroxyl groups excluding tert-OH is 1. The Morgan fingerprint density at radius 1 is 1.59 bits per heavy atom. The van der Waals surface area contributed by atoms with E-state index >= 15 is 0 Å². The average Bonchev–Trinajstić information content (AvgIpc) is 2.63. The standard InChI is InChI=1S/C12H19NO4/c1-9-4-5-11(17-9)8-13(2)7-10(14)6-12(15)16-3/h4-5,10,14H,6-8H2,1-3H3. The number of rotatable bonds is 6. The average molecular weight is 241 g/mol. The molecule has 0 aliphatic carbocycles. The Balaban J connectivity index is 2.33. The quantitative estimate of drug-likeness (QED) is 0.751. The summed E-state index contributed by atoms with van der Waals surface area (Å²) in [6.45, 7) is 2.89. The zero-order valence-electron chi connectivity index (χ0n) is 10.5. The minimum atomic E-state index is -0.719. The Bertz CT molecular complexity index is 361. The molecule has 5 nitrogen and oxygen atoms in total. The van der Waals surface area contributed by atoms with E-state index in [1.807, 2.05) is 31.0 Å². The van der Waals surface area contributed by atoms with Gasteiger partial charge < -0.3 is 14.3 Å². The van der Waals surface area contributed by atoms with Crippen LogP contribution in [0.25, 0.3) is 0 Å². The lowest BCUT2D eigenvalue weighted by Gasteiger charge is -2.18. The van der Waals surface area contributed by atoms with Crippen molar-refractivity contribution in [3.63, 3.8) is 0 Å². The van der Waals surface area contributed by atoms with Crippen molar-refractivity contribution >= 4 is 5.97 Å². The van der Waals surface area contributed by atoms with Crippen LogP contribution in [0.3, 0.4) is 0 Å². The number of aliphatic hydroxyl groups is 1. The minimum absolute atomic E-state index is 0.0119. The largest absolute Gasteiger partial charge is 0.469 e. The van der Waals surface area contributed by atoms with Crippen LogP contribution in [-0.4, -0.2) is 42.8 Å².